The van der Waals surface area contributed by atoms with Gasteiger partial charge in [-0.05, 0) is 35.3 Å². The van der Waals surface area contributed by atoms with Crippen molar-refractivity contribution in [1.29, 1.82) is 0 Å². The number of anilines is 1. The van der Waals surface area contributed by atoms with E-state index < -0.39 is 0 Å². The Hall–Kier alpha value is -0.100. The van der Waals surface area contributed by atoms with Crippen LogP contribution in [0.1, 0.15) is 31.0 Å². The van der Waals surface area contributed by atoms with Crippen LogP contribution in [0.25, 0.3) is 0 Å². The highest BCUT2D eigenvalue weighted by molar-refractivity contribution is 9.10. The van der Waals surface area contributed by atoms with Crippen molar-refractivity contribution in [2.24, 2.45) is 0 Å². The molecule has 1 saturated heterocycles. The Morgan fingerprint density at radius 3 is 2.75 bits per heavy atom. The molecule has 1 aliphatic rings. The van der Waals surface area contributed by atoms with E-state index in [-0.39, 0.29) is 24.8 Å². The summed E-state index contributed by atoms with van der Waals surface area (Å²) in [6.45, 7) is 1.06. The highest BCUT2D eigenvalue weighted by atomic mass is 79.9. The van der Waals surface area contributed by atoms with E-state index in [0.717, 1.165) is 23.1 Å². The number of halogens is 3. The van der Waals surface area contributed by atoms with E-state index in [1.165, 1.54) is 12.8 Å². The summed E-state index contributed by atoms with van der Waals surface area (Å²) in [5, 5.41) is 3.43. The average Bonchev–Trinajstić information content (AvgIpc) is 2.23. The van der Waals surface area contributed by atoms with E-state index in [0.29, 0.717) is 12.0 Å². The van der Waals surface area contributed by atoms with Crippen LogP contribution in [0.3, 0.4) is 0 Å². The van der Waals surface area contributed by atoms with Crippen LogP contribution in [0.5, 0.6) is 0 Å². The average molecular weight is 330 g/mol. The van der Waals surface area contributed by atoms with Crippen molar-refractivity contribution in [1.82, 2.24) is 15.3 Å². The number of nitrogens with one attached hydrogen (secondary N) is 1. The Bertz CT molecular complexity index is 331. The number of hydrogen-bond donors (Lipinski definition) is 2. The Labute approximate surface area is 116 Å². The predicted octanol–water partition coefficient (Wildman–Crippen LogP) is 2.48. The Morgan fingerprint density at radius 1 is 1.38 bits per heavy atom. The summed E-state index contributed by atoms with van der Waals surface area (Å²) >= 11 is 3.45. The molecule has 1 aromatic heterocycles. The molecule has 0 aromatic carbocycles. The van der Waals surface area contributed by atoms with E-state index in [9.17, 15) is 0 Å². The second-order valence-electron chi connectivity index (χ2n) is 3.46. The minimum absolute atomic E-state index is 0. The van der Waals surface area contributed by atoms with Crippen LogP contribution in [0.4, 0.5) is 5.95 Å². The molecule has 92 valence electrons. The van der Waals surface area contributed by atoms with E-state index in [4.69, 9.17) is 5.73 Å². The topological polar surface area (TPSA) is 63.8 Å². The van der Waals surface area contributed by atoms with Gasteiger partial charge >= 0.3 is 0 Å². The fourth-order valence-electron chi connectivity index (χ4n) is 1.72. The lowest BCUT2D eigenvalue weighted by atomic mass is 10.0. The van der Waals surface area contributed by atoms with Gasteiger partial charge in [-0.25, -0.2) is 9.97 Å². The largest absolute Gasteiger partial charge is 0.368 e. The van der Waals surface area contributed by atoms with Crippen LogP contribution in [0.15, 0.2) is 10.7 Å². The van der Waals surface area contributed by atoms with Gasteiger partial charge in [-0.2, -0.15) is 0 Å². The number of hydrogen-bond acceptors (Lipinski definition) is 4. The van der Waals surface area contributed by atoms with Gasteiger partial charge < -0.3 is 11.1 Å². The van der Waals surface area contributed by atoms with Crippen LogP contribution in [0.2, 0.25) is 0 Å². The maximum atomic E-state index is 5.56. The number of nitrogens with two attached hydrogens (primary N) is 1. The lowest BCUT2D eigenvalue weighted by Gasteiger charge is -2.23. The third-order valence-corrected chi connectivity index (χ3v) is 3.04. The number of rotatable bonds is 1. The van der Waals surface area contributed by atoms with Gasteiger partial charge in [0.15, 0.2) is 0 Å². The fraction of sp³-hybridized carbons (Fsp3) is 0.556. The summed E-state index contributed by atoms with van der Waals surface area (Å²) in [5.74, 6) is 0.343. The summed E-state index contributed by atoms with van der Waals surface area (Å²) in [7, 11) is 0. The zero-order chi connectivity index (χ0) is 9.97. The fourth-order valence-corrected chi connectivity index (χ4v) is 2.19. The molecule has 2 rings (SSSR count). The third kappa shape index (κ3) is 3.73. The SMILES string of the molecule is Cl.Cl.Nc1ncc(Br)c(C2CCCCN2)n1. The molecule has 1 unspecified atom stereocenters. The third-order valence-electron chi connectivity index (χ3n) is 2.43. The number of aromatic nitrogens is 2. The maximum absolute atomic E-state index is 5.56. The van der Waals surface area contributed by atoms with E-state index in [2.05, 4.69) is 31.2 Å². The summed E-state index contributed by atoms with van der Waals surface area (Å²) in [6, 6.07) is 0.323. The van der Waals surface area contributed by atoms with E-state index >= 15 is 0 Å². The monoisotopic (exact) mass is 328 g/mol. The molecular formula is C9H15BrCl2N4. The van der Waals surface area contributed by atoms with Crippen molar-refractivity contribution in [2.75, 3.05) is 12.3 Å². The van der Waals surface area contributed by atoms with Crippen LogP contribution in [-0.2, 0) is 0 Å². The molecule has 0 radical (unpaired) electrons. The second kappa shape index (κ2) is 7.27. The van der Waals surface area contributed by atoms with Crippen molar-refractivity contribution in [3.8, 4) is 0 Å². The highest BCUT2D eigenvalue weighted by Crippen LogP contribution is 2.27. The van der Waals surface area contributed by atoms with E-state index in [1.54, 1.807) is 6.20 Å². The van der Waals surface area contributed by atoms with Crippen molar-refractivity contribution >= 4 is 46.7 Å². The molecule has 1 aliphatic heterocycles. The lowest BCUT2D eigenvalue weighted by Crippen LogP contribution is -2.28. The first-order valence-corrected chi connectivity index (χ1v) is 5.58. The van der Waals surface area contributed by atoms with Crippen molar-refractivity contribution < 1.29 is 0 Å². The molecular weight excluding hydrogens is 315 g/mol. The molecule has 0 aliphatic carbocycles. The zero-order valence-electron chi connectivity index (χ0n) is 8.65. The first kappa shape index (κ1) is 15.9. The van der Waals surface area contributed by atoms with Gasteiger partial charge in [0.1, 0.15) is 0 Å². The molecule has 1 fully saturated rings. The second-order valence-corrected chi connectivity index (χ2v) is 4.32. The first-order valence-electron chi connectivity index (χ1n) is 4.78. The smallest absolute Gasteiger partial charge is 0.220 e. The zero-order valence-corrected chi connectivity index (χ0v) is 11.9. The normalized spacial score (nSPS) is 19.4. The maximum Gasteiger partial charge on any atom is 0.220 e. The van der Waals surface area contributed by atoms with Crippen LogP contribution >= 0.6 is 40.7 Å². The Kier molecular flexibility index (Phi) is 7.22. The number of nitrogen functional groups attached to an aromatic ring is 1. The van der Waals surface area contributed by atoms with Crippen LogP contribution < -0.4 is 11.1 Å². The number of nitrogens with zero attached hydrogens (tertiary/aromatic N) is 2. The van der Waals surface area contributed by atoms with Gasteiger partial charge in [0.25, 0.3) is 0 Å². The summed E-state index contributed by atoms with van der Waals surface area (Å²) in [6.07, 6.45) is 5.33. The van der Waals surface area contributed by atoms with Crippen molar-refractivity contribution in [3.05, 3.63) is 16.4 Å². The molecule has 3 N–H and O–H groups in total. The molecule has 0 bridgehead atoms. The van der Waals surface area contributed by atoms with Crippen LogP contribution in [-0.4, -0.2) is 16.5 Å². The number of piperidine rings is 1. The van der Waals surface area contributed by atoms with Crippen LogP contribution in [0, 0.1) is 0 Å². The molecule has 2 heterocycles. The summed E-state index contributed by atoms with van der Waals surface area (Å²) in [4.78, 5) is 8.18. The minimum atomic E-state index is 0. The summed E-state index contributed by atoms with van der Waals surface area (Å²) in [5.41, 5.74) is 6.55. The standard InChI is InChI=1S/C9H13BrN4.2ClH/c10-6-5-13-9(11)14-8(6)7-3-1-2-4-12-7;;/h5,7,12H,1-4H2,(H2,11,13,14);2*1H. The first-order chi connectivity index (χ1) is 6.77. The van der Waals surface area contributed by atoms with E-state index in [1.807, 2.05) is 0 Å². The quantitative estimate of drug-likeness (QED) is 0.830. The van der Waals surface area contributed by atoms with Gasteiger partial charge in [0.05, 0.1) is 16.2 Å². The van der Waals surface area contributed by atoms with Gasteiger partial charge in [0, 0.05) is 6.20 Å². The van der Waals surface area contributed by atoms with Gasteiger partial charge in [-0.3, -0.25) is 0 Å². The van der Waals surface area contributed by atoms with Gasteiger partial charge in [0.2, 0.25) is 5.95 Å². The van der Waals surface area contributed by atoms with Gasteiger partial charge in [-0.15, -0.1) is 24.8 Å². The molecule has 7 heteroatoms. The molecule has 4 nitrogen and oxygen atoms in total. The molecule has 0 spiro atoms. The molecule has 0 saturated carbocycles. The molecule has 16 heavy (non-hydrogen) atoms. The lowest BCUT2D eigenvalue weighted by molar-refractivity contribution is 0.404. The highest BCUT2D eigenvalue weighted by Gasteiger charge is 2.18. The molecule has 1 atom stereocenters. The molecule has 1 aromatic rings. The predicted molar refractivity (Wildman–Crippen MR) is 73.2 cm³/mol. The van der Waals surface area contributed by atoms with Crippen molar-refractivity contribution in [2.45, 2.75) is 25.3 Å². The summed E-state index contributed by atoms with van der Waals surface area (Å²) < 4.78 is 0.936. The van der Waals surface area contributed by atoms with Gasteiger partial charge in [-0.1, -0.05) is 6.42 Å². The molecule has 0 amide bonds. The Morgan fingerprint density at radius 2 is 2.12 bits per heavy atom. The van der Waals surface area contributed by atoms with Crippen molar-refractivity contribution in [3.63, 3.8) is 0 Å². The minimum Gasteiger partial charge on any atom is -0.368 e. The Balaban J connectivity index is 0.00000112.